The maximum atomic E-state index is 14.0. The third-order valence-corrected chi connectivity index (χ3v) is 10.5. The summed E-state index contributed by atoms with van der Waals surface area (Å²) in [5.41, 5.74) is -0.174. The number of piperidine rings is 1. The topological polar surface area (TPSA) is 117 Å². The number of carbonyl (C=O) groups excluding carboxylic acids is 3. The van der Waals surface area contributed by atoms with E-state index in [1.807, 2.05) is 4.90 Å². The van der Waals surface area contributed by atoms with Crippen molar-refractivity contribution in [1.82, 2.24) is 34.4 Å². The fourth-order valence-corrected chi connectivity index (χ4v) is 7.40. The summed E-state index contributed by atoms with van der Waals surface area (Å²) >= 11 is 6.49. The van der Waals surface area contributed by atoms with Gasteiger partial charge in [0, 0.05) is 51.0 Å². The summed E-state index contributed by atoms with van der Waals surface area (Å²) in [7, 11) is 1.48. The maximum Gasteiger partial charge on any atom is 0.435 e. The van der Waals surface area contributed by atoms with E-state index in [1.165, 1.54) is 46.9 Å². The number of alkyl halides is 3. The standard InChI is InChI=1S/C32H36ClF3N8O3.ClH/c1-41-25(23-18-44(40-26(23)32(34,35)36)21-15-31(16-21)6-7-31)17-38-27(41)28(45)39-20-2-3-22(24(33)14-20)30(47)43-12-10-42(11-13-43)29(46)19-4-8-37-9-5-19;/h2-3,14,17-19,21,37H,4-13,15-16H2,1H3,(H,39,45);1H. The van der Waals surface area contributed by atoms with E-state index in [1.54, 1.807) is 4.90 Å². The van der Waals surface area contributed by atoms with E-state index in [0.29, 0.717) is 37.3 Å². The third kappa shape index (κ3) is 6.53. The summed E-state index contributed by atoms with van der Waals surface area (Å²) in [5, 5.41) is 10.00. The normalized spacial score (nSPS) is 19.5. The molecule has 11 nitrogen and oxygen atoms in total. The van der Waals surface area contributed by atoms with Crippen LogP contribution in [0.2, 0.25) is 5.02 Å². The van der Waals surface area contributed by atoms with E-state index in [0.717, 1.165) is 51.6 Å². The number of halogens is 5. The van der Waals surface area contributed by atoms with Gasteiger partial charge in [0.05, 0.1) is 34.1 Å². The number of rotatable bonds is 6. The highest BCUT2D eigenvalue weighted by atomic mass is 35.5. The zero-order valence-electron chi connectivity index (χ0n) is 26.4. The van der Waals surface area contributed by atoms with Gasteiger partial charge in [0.15, 0.2) is 11.5 Å². The first-order valence-electron chi connectivity index (χ1n) is 16.0. The van der Waals surface area contributed by atoms with E-state index in [-0.39, 0.29) is 63.8 Å². The van der Waals surface area contributed by atoms with Gasteiger partial charge in [0.2, 0.25) is 5.91 Å². The Morgan fingerprint density at radius 2 is 1.71 bits per heavy atom. The van der Waals surface area contributed by atoms with Crippen LogP contribution in [0.5, 0.6) is 0 Å². The molecule has 0 radical (unpaired) electrons. The fourth-order valence-electron chi connectivity index (χ4n) is 7.14. The Morgan fingerprint density at radius 3 is 2.33 bits per heavy atom. The minimum Gasteiger partial charge on any atom is -0.339 e. The maximum absolute atomic E-state index is 14.0. The van der Waals surface area contributed by atoms with E-state index in [4.69, 9.17) is 11.6 Å². The highest BCUT2D eigenvalue weighted by Gasteiger charge is 2.54. The molecule has 4 fully saturated rings. The molecule has 0 unspecified atom stereocenters. The number of anilines is 1. The molecule has 0 bridgehead atoms. The number of amides is 3. The molecule has 4 heterocycles. The zero-order chi connectivity index (χ0) is 33.1. The SMILES string of the molecule is Cl.Cn1c(-c2cn(C3CC4(CC4)C3)nc2C(F)(F)F)cnc1C(=O)Nc1ccc(C(=O)N2CCN(C(=O)C3CCNCC3)CC2)c(Cl)c1. The molecule has 2 aliphatic carbocycles. The van der Waals surface area contributed by atoms with Crippen molar-refractivity contribution in [3.8, 4) is 11.3 Å². The van der Waals surface area contributed by atoms with Crippen LogP contribution in [-0.4, -0.2) is 86.1 Å². The fraction of sp³-hybridized carbons (Fsp3) is 0.531. The van der Waals surface area contributed by atoms with Crippen molar-refractivity contribution in [3.63, 3.8) is 0 Å². The molecule has 2 aromatic heterocycles. The van der Waals surface area contributed by atoms with E-state index in [9.17, 15) is 27.6 Å². The molecule has 16 heteroatoms. The smallest absolute Gasteiger partial charge is 0.339 e. The first kappa shape index (κ1) is 34.3. The van der Waals surface area contributed by atoms with E-state index < -0.39 is 17.8 Å². The number of nitrogens with zero attached hydrogens (tertiary/aromatic N) is 6. The minimum atomic E-state index is -4.68. The molecule has 4 aliphatic rings. The van der Waals surface area contributed by atoms with Crippen molar-refractivity contribution in [2.75, 3.05) is 44.6 Å². The lowest BCUT2D eigenvalue weighted by Crippen LogP contribution is -2.52. The summed E-state index contributed by atoms with van der Waals surface area (Å²) in [4.78, 5) is 47.0. The largest absolute Gasteiger partial charge is 0.435 e. The third-order valence-electron chi connectivity index (χ3n) is 10.2. The first-order chi connectivity index (χ1) is 22.4. The Morgan fingerprint density at radius 1 is 1.04 bits per heavy atom. The van der Waals surface area contributed by atoms with Crippen LogP contribution in [0.25, 0.3) is 11.3 Å². The summed E-state index contributed by atoms with van der Waals surface area (Å²) < 4.78 is 44.7. The molecule has 2 aliphatic heterocycles. The van der Waals surface area contributed by atoms with Crippen molar-refractivity contribution in [3.05, 3.63) is 52.7 Å². The molecule has 3 amide bonds. The van der Waals surface area contributed by atoms with Gasteiger partial charge in [-0.1, -0.05) is 11.6 Å². The van der Waals surface area contributed by atoms with Crippen molar-refractivity contribution < 1.29 is 27.6 Å². The van der Waals surface area contributed by atoms with Crippen LogP contribution in [0, 0.1) is 11.3 Å². The van der Waals surface area contributed by atoms with Crippen LogP contribution in [0.15, 0.2) is 30.6 Å². The number of hydrogen-bond acceptors (Lipinski definition) is 6. The van der Waals surface area contributed by atoms with Gasteiger partial charge < -0.3 is 25.0 Å². The lowest BCUT2D eigenvalue weighted by atomic mass is 9.77. The Balaban J connectivity index is 0.00000401. The van der Waals surface area contributed by atoms with E-state index >= 15 is 0 Å². The molecule has 48 heavy (non-hydrogen) atoms. The predicted molar refractivity (Wildman–Crippen MR) is 174 cm³/mol. The number of piperazine rings is 1. The summed E-state index contributed by atoms with van der Waals surface area (Å²) in [6, 6.07) is 4.44. The lowest BCUT2D eigenvalue weighted by molar-refractivity contribution is -0.141. The van der Waals surface area contributed by atoms with Crippen molar-refractivity contribution >= 4 is 47.4 Å². The predicted octanol–water partition coefficient (Wildman–Crippen LogP) is 5.03. The van der Waals surface area contributed by atoms with Gasteiger partial charge >= 0.3 is 6.18 Å². The van der Waals surface area contributed by atoms with Gasteiger partial charge in [0.1, 0.15) is 0 Å². The van der Waals surface area contributed by atoms with Gasteiger partial charge in [-0.2, -0.15) is 18.3 Å². The molecule has 3 aromatic rings. The first-order valence-corrected chi connectivity index (χ1v) is 16.4. The highest BCUT2D eigenvalue weighted by Crippen LogP contribution is 2.65. The Hall–Kier alpha value is -3.62. The van der Waals surface area contributed by atoms with Crippen LogP contribution < -0.4 is 10.6 Å². The average Bonchev–Trinajstić information content (AvgIpc) is 3.57. The molecule has 2 saturated carbocycles. The molecule has 2 N–H and O–H groups in total. The Kier molecular flexibility index (Phi) is 9.28. The van der Waals surface area contributed by atoms with E-state index in [2.05, 4.69) is 20.7 Å². The second kappa shape index (κ2) is 13.0. The van der Waals surface area contributed by atoms with Gasteiger partial charge in [0.25, 0.3) is 11.8 Å². The Bertz CT molecular complexity index is 1720. The molecule has 1 spiro atoms. The van der Waals surface area contributed by atoms with Crippen LogP contribution in [0.3, 0.4) is 0 Å². The quantitative estimate of drug-likeness (QED) is 0.371. The van der Waals surface area contributed by atoms with Gasteiger partial charge in [-0.15, -0.1) is 12.4 Å². The Labute approximate surface area is 286 Å². The monoisotopic (exact) mass is 708 g/mol. The zero-order valence-corrected chi connectivity index (χ0v) is 27.9. The second-order valence-corrected chi connectivity index (χ2v) is 13.7. The molecule has 0 atom stereocenters. The minimum absolute atomic E-state index is 0. The molecule has 2 saturated heterocycles. The average molecular weight is 710 g/mol. The van der Waals surface area contributed by atoms with Crippen molar-refractivity contribution in [2.24, 2.45) is 18.4 Å². The molecule has 7 rings (SSSR count). The number of aromatic nitrogens is 4. The summed E-state index contributed by atoms with van der Waals surface area (Å²) in [6.45, 7) is 3.37. The van der Waals surface area contributed by atoms with Crippen LogP contribution in [-0.2, 0) is 18.0 Å². The van der Waals surface area contributed by atoms with Gasteiger partial charge in [-0.05, 0) is 75.2 Å². The molecular formula is C32H37Cl2F3N8O3. The van der Waals surface area contributed by atoms with Crippen LogP contribution in [0.4, 0.5) is 18.9 Å². The number of carbonyl (C=O) groups is 3. The highest BCUT2D eigenvalue weighted by molar-refractivity contribution is 6.34. The van der Waals surface area contributed by atoms with Crippen molar-refractivity contribution in [2.45, 2.75) is 50.7 Å². The molecule has 1 aromatic carbocycles. The van der Waals surface area contributed by atoms with Crippen LogP contribution >= 0.6 is 24.0 Å². The van der Waals surface area contributed by atoms with Crippen LogP contribution in [0.1, 0.15) is 71.2 Å². The number of imidazole rings is 1. The van der Waals surface area contributed by atoms with Crippen molar-refractivity contribution in [1.29, 1.82) is 0 Å². The number of hydrogen-bond donors (Lipinski definition) is 2. The summed E-state index contributed by atoms with van der Waals surface area (Å²) in [5.74, 6) is -0.858. The molecular weight excluding hydrogens is 672 g/mol. The summed E-state index contributed by atoms with van der Waals surface area (Å²) in [6.07, 6.45) is 3.50. The number of benzene rings is 1. The lowest BCUT2D eigenvalue weighted by Gasteiger charge is -2.37. The molecule has 258 valence electrons. The van der Waals surface area contributed by atoms with Gasteiger partial charge in [-0.25, -0.2) is 4.98 Å². The van der Waals surface area contributed by atoms with Gasteiger partial charge in [-0.3, -0.25) is 19.1 Å². The number of nitrogens with one attached hydrogen (secondary N) is 2. The second-order valence-electron chi connectivity index (χ2n) is 13.2.